The summed E-state index contributed by atoms with van der Waals surface area (Å²) in [4.78, 5) is 12.4. The molecule has 0 aliphatic carbocycles. The highest BCUT2D eigenvalue weighted by Crippen LogP contribution is 2.20. The van der Waals surface area contributed by atoms with E-state index >= 15 is 0 Å². The summed E-state index contributed by atoms with van der Waals surface area (Å²) >= 11 is 8.51. The smallest absolute Gasteiger partial charge is 0.261 e. The van der Waals surface area contributed by atoms with Gasteiger partial charge in [-0.1, -0.05) is 18.2 Å². The number of rotatable bonds is 5. The Kier molecular flexibility index (Phi) is 7.09. The van der Waals surface area contributed by atoms with Gasteiger partial charge < -0.3 is 5.32 Å². The Hall–Kier alpha value is -2.75. The lowest BCUT2D eigenvalue weighted by Gasteiger charge is -2.12. The van der Waals surface area contributed by atoms with Gasteiger partial charge in [0.25, 0.3) is 15.9 Å². The average molecular weight is 518 g/mol. The topological polar surface area (TPSA) is 87.3 Å². The Morgan fingerprint density at radius 3 is 2.19 bits per heavy atom. The van der Waals surface area contributed by atoms with Crippen molar-refractivity contribution >= 4 is 60.6 Å². The van der Waals surface area contributed by atoms with E-state index in [-0.39, 0.29) is 15.9 Å². The summed E-state index contributed by atoms with van der Waals surface area (Å²) in [5, 5.41) is 5.57. The second-order valence-electron chi connectivity index (χ2n) is 6.82. The molecule has 0 aliphatic heterocycles. The van der Waals surface area contributed by atoms with Crippen molar-refractivity contribution in [3.63, 3.8) is 0 Å². The number of hydrogen-bond donors (Lipinski definition) is 3. The van der Waals surface area contributed by atoms with Crippen molar-refractivity contribution in [1.82, 2.24) is 5.32 Å². The second kappa shape index (κ2) is 9.59. The van der Waals surface area contributed by atoms with Crippen molar-refractivity contribution in [3.05, 3.63) is 87.9 Å². The van der Waals surface area contributed by atoms with E-state index in [1.54, 1.807) is 42.5 Å². The fraction of sp³-hybridized carbons (Fsp3) is 0.0909. The molecule has 31 heavy (non-hydrogen) atoms. The van der Waals surface area contributed by atoms with E-state index in [1.165, 1.54) is 12.1 Å². The molecule has 0 heterocycles. The number of amides is 1. The van der Waals surface area contributed by atoms with Gasteiger partial charge in [0.15, 0.2) is 5.11 Å². The van der Waals surface area contributed by atoms with Crippen LogP contribution in [0, 0.1) is 13.8 Å². The number of anilines is 2. The SMILES string of the molecule is Cc1ccc(NS(=O)(=O)c2ccc(NC(=S)NC(=O)c3ccccc3Br)cc2)cc1C. The molecule has 0 radical (unpaired) electrons. The number of hydrogen-bond acceptors (Lipinski definition) is 4. The molecule has 0 fully saturated rings. The number of halogens is 1. The van der Waals surface area contributed by atoms with Crippen LogP contribution < -0.4 is 15.4 Å². The monoisotopic (exact) mass is 517 g/mol. The van der Waals surface area contributed by atoms with Crippen molar-refractivity contribution in [3.8, 4) is 0 Å². The number of carbonyl (C=O) groups excluding carboxylic acids is 1. The fourth-order valence-corrected chi connectivity index (χ4v) is 4.44. The number of sulfonamides is 1. The molecule has 160 valence electrons. The summed E-state index contributed by atoms with van der Waals surface area (Å²) in [5.41, 5.74) is 3.58. The largest absolute Gasteiger partial charge is 0.332 e. The minimum absolute atomic E-state index is 0.101. The maximum absolute atomic E-state index is 12.6. The number of nitrogens with one attached hydrogen (secondary N) is 3. The Morgan fingerprint density at radius 2 is 1.55 bits per heavy atom. The zero-order valence-electron chi connectivity index (χ0n) is 16.8. The lowest BCUT2D eigenvalue weighted by molar-refractivity contribution is 0.0977. The van der Waals surface area contributed by atoms with Crippen LogP contribution in [-0.2, 0) is 10.0 Å². The van der Waals surface area contributed by atoms with Crippen LogP contribution >= 0.6 is 28.1 Å². The van der Waals surface area contributed by atoms with Gasteiger partial charge in [-0.25, -0.2) is 8.42 Å². The molecule has 1 amide bonds. The summed E-state index contributed by atoms with van der Waals surface area (Å²) in [5.74, 6) is -0.359. The number of benzene rings is 3. The first-order valence-electron chi connectivity index (χ1n) is 9.23. The molecule has 0 spiro atoms. The standard InChI is InChI=1S/C22H20BrN3O3S2/c1-14-7-8-17(13-15(14)2)26-31(28,29)18-11-9-16(10-12-18)24-22(30)25-21(27)19-5-3-4-6-20(19)23/h3-13,26H,1-2H3,(H2,24,25,27,30). The van der Waals surface area contributed by atoms with Crippen molar-refractivity contribution in [1.29, 1.82) is 0 Å². The lowest BCUT2D eigenvalue weighted by atomic mass is 10.1. The predicted molar refractivity (Wildman–Crippen MR) is 131 cm³/mol. The molecule has 0 bridgehead atoms. The van der Waals surface area contributed by atoms with E-state index < -0.39 is 10.0 Å². The van der Waals surface area contributed by atoms with Gasteiger partial charge in [0.05, 0.1) is 10.5 Å². The second-order valence-corrected chi connectivity index (χ2v) is 9.76. The first kappa shape index (κ1) is 22.9. The average Bonchev–Trinajstić information content (AvgIpc) is 2.71. The maximum Gasteiger partial charge on any atom is 0.261 e. The number of carbonyl (C=O) groups is 1. The molecule has 0 aliphatic rings. The third-order valence-electron chi connectivity index (χ3n) is 4.53. The summed E-state index contributed by atoms with van der Waals surface area (Å²) in [6.45, 7) is 3.89. The van der Waals surface area contributed by atoms with Gasteiger partial charge >= 0.3 is 0 Å². The van der Waals surface area contributed by atoms with E-state index in [0.29, 0.717) is 21.4 Å². The van der Waals surface area contributed by atoms with E-state index in [0.717, 1.165) is 11.1 Å². The van der Waals surface area contributed by atoms with Gasteiger partial charge in [-0.2, -0.15) is 0 Å². The number of thiocarbonyl (C=S) groups is 1. The van der Waals surface area contributed by atoms with Gasteiger partial charge in [0.1, 0.15) is 0 Å². The van der Waals surface area contributed by atoms with Crippen LogP contribution in [-0.4, -0.2) is 19.4 Å². The minimum Gasteiger partial charge on any atom is -0.332 e. The van der Waals surface area contributed by atoms with Crippen LogP contribution in [0.3, 0.4) is 0 Å². The molecule has 0 atom stereocenters. The van der Waals surface area contributed by atoms with Gasteiger partial charge in [0, 0.05) is 15.8 Å². The van der Waals surface area contributed by atoms with Gasteiger partial charge in [-0.15, -0.1) is 0 Å². The first-order valence-corrected chi connectivity index (χ1v) is 11.9. The van der Waals surface area contributed by atoms with E-state index in [2.05, 4.69) is 31.3 Å². The summed E-state index contributed by atoms with van der Waals surface area (Å²) in [7, 11) is -3.73. The summed E-state index contributed by atoms with van der Waals surface area (Å²) in [6, 6.07) is 18.4. The molecule has 6 nitrogen and oxygen atoms in total. The third kappa shape index (κ3) is 5.90. The molecule has 0 saturated carbocycles. The molecule has 3 aromatic rings. The van der Waals surface area contributed by atoms with Crippen LogP contribution in [0.5, 0.6) is 0 Å². The molecular weight excluding hydrogens is 498 g/mol. The van der Waals surface area contributed by atoms with Crippen LogP contribution in [0.15, 0.2) is 76.1 Å². The van der Waals surface area contributed by atoms with Gasteiger partial charge in [-0.05, 0) is 102 Å². The Bertz CT molecular complexity index is 1240. The molecule has 0 saturated heterocycles. The van der Waals surface area contributed by atoms with E-state index in [4.69, 9.17) is 12.2 Å². The van der Waals surface area contributed by atoms with Crippen molar-refractivity contribution in [2.75, 3.05) is 10.0 Å². The van der Waals surface area contributed by atoms with Crippen LogP contribution in [0.4, 0.5) is 11.4 Å². The van der Waals surface area contributed by atoms with E-state index in [1.807, 2.05) is 26.0 Å². The molecule has 3 N–H and O–H groups in total. The Labute approximate surface area is 195 Å². The fourth-order valence-electron chi connectivity index (χ4n) is 2.71. The van der Waals surface area contributed by atoms with Gasteiger partial charge in [-0.3, -0.25) is 14.8 Å². The molecule has 3 rings (SSSR count). The molecule has 0 unspecified atom stereocenters. The maximum atomic E-state index is 12.6. The van der Waals surface area contributed by atoms with Crippen LogP contribution in [0.25, 0.3) is 0 Å². The van der Waals surface area contributed by atoms with E-state index in [9.17, 15) is 13.2 Å². The molecule has 3 aromatic carbocycles. The number of aryl methyl sites for hydroxylation is 2. The summed E-state index contributed by atoms with van der Waals surface area (Å²) < 4.78 is 28.5. The molecule has 9 heteroatoms. The zero-order valence-corrected chi connectivity index (χ0v) is 20.0. The van der Waals surface area contributed by atoms with Crippen molar-refractivity contribution in [2.45, 2.75) is 18.7 Å². The van der Waals surface area contributed by atoms with Gasteiger partial charge in [0.2, 0.25) is 0 Å². The predicted octanol–water partition coefficient (Wildman–Crippen LogP) is 4.99. The highest BCUT2D eigenvalue weighted by molar-refractivity contribution is 9.10. The highest BCUT2D eigenvalue weighted by atomic mass is 79.9. The first-order chi connectivity index (χ1) is 14.7. The highest BCUT2D eigenvalue weighted by Gasteiger charge is 2.15. The zero-order chi connectivity index (χ0) is 22.6. The molecular formula is C22H20BrN3O3S2. The van der Waals surface area contributed by atoms with Crippen molar-refractivity contribution in [2.24, 2.45) is 0 Å². The third-order valence-corrected chi connectivity index (χ3v) is 6.82. The minimum atomic E-state index is -3.73. The van der Waals surface area contributed by atoms with Crippen LogP contribution in [0.2, 0.25) is 0 Å². The molecule has 0 aromatic heterocycles. The van der Waals surface area contributed by atoms with Crippen molar-refractivity contribution < 1.29 is 13.2 Å². The Balaban J connectivity index is 1.65. The van der Waals surface area contributed by atoms with Crippen LogP contribution in [0.1, 0.15) is 21.5 Å². The lowest BCUT2D eigenvalue weighted by Crippen LogP contribution is -2.34. The Morgan fingerprint density at radius 1 is 0.903 bits per heavy atom. The quantitative estimate of drug-likeness (QED) is 0.414. The summed E-state index contributed by atoms with van der Waals surface area (Å²) in [6.07, 6.45) is 0. The normalized spacial score (nSPS) is 10.9.